The van der Waals surface area contributed by atoms with Crippen molar-refractivity contribution >= 4 is 57.8 Å². The van der Waals surface area contributed by atoms with Gasteiger partial charge in [-0.25, -0.2) is 4.79 Å². The molecule has 164 valence electrons. The molecule has 8 nitrogen and oxygen atoms in total. The Morgan fingerprint density at radius 1 is 1.29 bits per heavy atom. The minimum absolute atomic E-state index is 0.0291. The largest absolute Gasteiger partial charge is 0.477 e. The lowest BCUT2D eigenvalue weighted by molar-refractivity contribution is -0.151. The number of thiocarbonyl (C=S) groups is 1. The molecule has 0 saturated carbocycles. The molecule has 2 saturated heterocycles. The first-order valence-corrected chi connectivity index (χ1v) is 12.1. The third-order valence-electron chi connectivity index (χ3n) is 5.45. The van der Waals surface area contributed by atoms with Gasteiger partial charge < -0.3 is 15.3 Å². The number of amides is 2. The van der Waals surface area contributed by atoms with Gasteiger partial charge in [0.25, 0.3) is 5.91 Å². The maximum Gasteiger partial charge on any atom is 0.352 e. The van der Waals surface area contributed by atoms with Gasteiger partial charge in [0.2, 0.25) is 5.91 Å². The molecule has 0 radical (unpaired) electrons. The standard InChI is InChI=1S/C20H22N4O4S3/c1-11-8-30-18-13(17(26)24(18)14(11)19(27)28)21-16(25)15(12-6-4-3-5-7-12)23-9-22(2)20(29)31-10-23/h3-7,13,15,18H,8-10H2,1-2H3,(H,21,25)(H,27,28)/t13-,15?,18-/m1/s1. The number of hydrogen-bond donors (Lipinski definition) is 2. The number of thioether (sulfide) groups is 2. The van der Waals surface area contributed by atoms with Crippen molar-refractivity contribution < 1.29 is 19.5 Å². The molecule has 3 heterocycles. The molecule has 0 bridgehead atoms. The predicted octanol–water partition coefficient (Wildman–Crippen LogP) is 1.67. The van der Waals surface area contributed by atoms with Gasteiger partial charge in [0, 0.05) is 12.8 Å². The lowest BCUT2D eigenvalue weighted by atomic mass is 10.0. The first-order valence-electron chi connectivity index (χ1n) is 9.64. The fraction of sp³-hybridized carbons (Fsp3) is 0.400. The van der Waals surface area contributed by atoms with E-state index in [1.54, 1.807) is 6.92 Å². The number of aliphatic carboxylic acids is 1. The summed E-state index contributed by atoms with van der Waals surface area (Å²) in [7, 11) is 1.88. The highest BCUT2D eigenvalue weighted by Crippen LogP contribution is 2.40. The molecule has 3 aliphatic rings. The molecule has 31 heavy (non-hydrogen) atoms. The van der Waals surface area contributed by atoms with Crippen molar-refractivity contribution in [3.05, 3.63) is 47.2 Å². The monoisotopic (exact) mass is 478 g/mol. The molecule has 2 N–H and O–H groups in total. The quantitative estimate of drug-likeness (QED) is 0.484. The zero-order valence-corrected chi connectivity index (χ0v) is 19.4. The van der Waals surface area contributed by atoms with Crippen LogP contribution in [-0.4, -0.2) is 78.7 Å². The van der Waals surface area contributed by atoms with Crippen LogP contribution < -0.4 is 5.32 Å². The minimum Gasteiger partial charge on any atom is -0.477 e. The summed E-state index contributed by atoms with van der Waals surface area (Å²) < 4.78 is 0.773. The summed E-state index contributed by atoms with van der Waals surface area (Å²) in [6.07, 6.45) is 0. The number of rotatable bonds is 5. The van der Waals surface area contributed by atoms with Crippen LogP contribution in [0.2, 0.25) is 0 Å². The van der Waals surface area contributed by atoms with Gasteiger partial charge in [-0.05, 0) is 18.1 Å². The topological polar surface area (TPSA) is 93.2 Å². The van der Waals surface area contributed by atoms with E-state index in [0.29, 0.717) is 23.9 Å². The van der Waals surface area contributed by atoms with Gasteiger partial charge in [-0.2, -0.15) is 0 Å². The third kappa shape index (κ3) is 4.07. The summed E-state index contributed by atoms with van der Waals surface area (Å²) in [5.74, 6) is -0.720. The second kappa shape index (κ2) is 8.81. The van der Waals surface area contributed by atoms with Gasteiger partial charge in [0.1, 0.15) is 27.5 Å². The highest BCUT2D eigenvalue weighted by Gasteiger charge is 2.54. The van der Waals surface area contributed by atoms with Crippen molar-refractivity contribution in [2.24, 2.45) is 0 Å². The van der Waals surface area contributed by atoms with E-state index in [-0.39, 0.29) is 17.5 Å². The Kier molecular flexibility index (Phi) is 6.29. The van der Waals surface area contributed by atoms with E-state index in [4.69, 9.17) is 12.2 Å². The fourth-order valence-corrected chi connectivity index (χ4v) is 6.24. The first-order chi connectivity index (χ1) is 14.8. The van der Waals surface area contributed by atoms with Crippen LogP contribution in [0.1, 0.15) is 18.5 Å². The predicted molar refractivity (Wildman–Crippen MR) is 124 cm³/mol. The first kappa shape index (κ1) is 22.1. The lowest BCUT2D eigenvalue weighted by Crippen LogP contribution is -2.71. The van der Waals surface area contributed by atoms with Crippen LogP contribution in [0.25, 0.3) is 0 Å². The minimum atomic E-state index is -1.12. The molecular formula is C20H22N4O4S3. The van der Waals surface area contributed by atoms with E-state index < -0.39 is 23.4 Å². The van der Waals surface area contributed by atoms with E-state index >= 15 is 0 Å². The Hall–Kier alpha value is -2.08. The van der Waals surface area contributed by atoms with Gasteiger partial charge >= 0.3 is 5.97 Å². The van der Waals surface area contributed by atoms with Crippen molar-refractivity contribution in [1.82, 2.24) is 20.0 Å². The number of carbonyl (C=O) groups is 3. The van der Waals surface area contributed by atoms with E-state index in [1.807, 2.05) is 47.2 Å². The molecule has 2 amide bonds. The van der Waals surface area contributed by atoms with Crippen LogP contribution in [0, 0.1) is 0 Å². The van der Waals surface area contributed by atoms with Crippen LogP contribution in [0.15, 0.2) is 41.6 Å². The van der Waals surface area contributed by atoms with Crippen LogP contribution >= 0.6 is 35.7 Å². The van der Waals surface area contributed by atoms with Crippen molar-refractivity contribution in [2.45, 2.75) is 24.4 Å². The lowest BCUT2D eigenvalue weighted by Gasteiger charge is -2.49. The normalized spacial score (nSPS) is 25.1. The summed E-state index contributed by atoms with van der Waals surface area (Å²) in [5, 5.41) is 12.0. The molecule has 11 heteroatoms. The van der Waals surface area contributed by atoms with E-state index in [1.165, 1.54) is 28.4 Å². The van der Waals surface area contributed by atoms with Crippen molar-refractivity contribution in [2.75, 3.05) is 25.3 Å². The third-order valence-corrected chi connectivity index (χ3v) is 8.56. The van der Waals surface area contributed by atoms with Crippen LogP contribution in [0.5, 0.6) is 0 Å². The molecule has 0 aliphatic carbocycles. The number of carbonyl (C=O) groups excluding carboxylic acids is 2. The highest BCUT2D eigenvalue weighted by molar-refractivity contribution is 8.22. The number of nitrogens with one attached hydrogen (secondary N) is 1. The second-order valence-electron chi connectivity index (χ2n) is 7.61. The van der Waals surface area contributed by atoms with Gasteiger partial charge in [-0.3, -0.25) is 19.4 Å². The average molecular weight is 479 g/mol. The van der Waals surface area contributed by atoms with Crippen molar-refractivity contribution in [3.63, 3.8) is 0 Å². The molecule has 0 spiro atoms. The molecule has 1 aromatic carbocycles. The van der Waals surface area contributed by atoms with Gasteiger partial charge in [0.15, 0.2) is 0 Å². The fourth-order valence-electron chi connectivity index (χ4n) is 3.95. The number of carboxylic acid groups (broad SMARTS) is 1. The summed E-state index contributed by atoms with van der Waals surface area (Å²) in [5.41, 5.74) is 1.50. The zero-order valence-electron chi connectivity index (χ0n) is 17.0. The number of fused-ring (bicyclic) bond motifs is 1. The van der Waals surface area contributed by atoms with Crippen molar-refractivity contribution in [3.8, 4) is 0 Å². The van der Waals surface area contributed by atoms with Crippen LogP contribution in [0.3, 0.4) is 0 Å². The van der Waals surface area contributed by atoms with Gasteiger partial charge in [0.05, 0.1) is 12.5 Å². The number of hydrogen-bond acceptors (Lipinski definition) is 7. The molecular weight excluding hydrogens is 456 g/mol. The Morgan fingerprint density at radius 3 is 2.65 bits per heavy atom. The zero-order chi connectivity index (χ0) is 22.3. The van der Waals surface area contributed by atoms with Gasteiger partial charge in [-0.1, -0.05) is 54.3 Å². The SMILES string of the molecule is CC1=C(C(=O)O)N2C(=O)[C@@H](NC(=O)C(c3ccccc3)N3CSC(=S)N(C)C3)[C@H]2SC1. The summed E-state index contributed by atoms with van der Waals surface area (Å²) >= 11 is 8.28. The second-order valence-corrected chi connectivity index (χ2v) is 10.3. The van der Waals surface area contributed by atoms with E-state index in [2.05, 4.69) is 5.32 Å². The number of β-lactam (4-membered cyclic amide) rings is 1. The van der Waals surface area contributed by atoms with Crippen LogP contribution in [-0.2, 0) is 14.4 Å². The Labute approximate surface area is 194 Å². The Bertz CT molecular complexity index is 970. The highest BCUT2D eigenvalue weighted by atomic mass is 32.2. The Balaban J connectivity index is 1.55. The average Bonchev–Trinajstić information content (AvgIpc) is 2.75. The summed E-state index contributed by atoms with van der Waals surface area (Å²) in [4.78, 5) is 43.0. The summed E-state index contributed by atoms with van der Waals surface area (Å²) in [6, 6.07) is 8.08. The maximum absolute atomic E-state index is 13.4. The smallest absolute Gasteiger partial charge is 0.352 e. The number of carboxylic acids is 1. The van der Waals surface area contributed by atoms with Crippen molar-refractivity contribution in [1.29, 1.82) is 0 Å². The molecule has 3 aliphatic heterocycles. The molecule has 4 rings (SSSR count). The van der Waals surface area contributed by atoms with Crippen LogP contribution in [0.4, 0.5) is 0 Å². The molecule has 2 fully saturated rings. The number of benzene rings is 1. The summed E-state index contributed by atoms with van der Waals surface area (Å²) in [6.45, 7) is 2.21. The molecule has 1 unspecified atom stereocenters. The van der Waals surface area contributed by atoms with Gasteiger partial charge in [-0.15, -0.1) is 11.8 Å². The molecule has 1 aromatic rings. The van der Waals surface area contributed by atoms with E-state index in [9.17, 15) is 19.5 Å². The molecule has 3 atom stereocenters. The van der Waals surface area contributed by atoms with E-state index in [0.717, 1.165) is 9.88 Å². The number of nitrogens with zero attached hydrogens (tertiary/aromatic N) is 3. The maximum atomic E-state index is 13.4. The molecule has 0 aromatic heterocycles. The Morgan fingerprint density at radius 2 is 2.00 bits per heavy atom.